The van der Waals surface area contributed by atoms with E-state index in [4.69, 9.17) is 25.8 Å². The Hall–Kier alpha value is -6.15. The lowest BCUT2D eigenvalue weighted by Gasteiger charge is -2.30. The minimum Gasteiger partial charge on any atom is -0.496 e. The quantitative estimate of drug-likeness (QED) is 0.149. The Balaban J connectivity index is 1.16. The van der Waals surface area contributed by atoms with E-state index in [2.05, 4.69) is 25.7 Å². The van der Waals surface area contributed by atoms with Gasteiger partial charge in [0, 0.05) is 67.2 Å². The van der Waals surface area contributed by atoms with Crippen molar-refractivity contribution in [3.63, 3.8) is 0 Å². The fourth-order valence-electron chi connectivity index (χ4n) is 6.18. The second-order valence-corrected chi connectivity index (χ2v) is 14.3. The zero-order chi connectivity index (χ0) is 39.4. The van der Waals surface area contributed by atoms with Gasteiger partial charge in [-0.25, -0.2) is 9.78 Å². The average molecular weight is 767 g/mol. The van der Waals surface area contributed by atoms with Crippen molar-refractivity contribution in [1.82, 2.24) is 24.6 Å². The molecule has 0 saturated carbocycles. The van der Waals surface area contributed by atoms with E-state index in [0.29, 0.717) is 53.2 Å². The maximum Gasteiger partial charge on any atom is 0.410 e. The summed E-state index contributed by atoms with van der Waals surface area (Å²) in [5, 5.41) is 11.0. The van der Waals surface area contributed by atoms with E-state index in [9.17, 15) is 14.4 Å². The third-order valence-electron chi connectivity index (χ3n) is 9.00. The average Bonchev–Trinajstić information content (AvgIpc) is 3.61. The summed E-state index contributed by atoms with van der Waals surface area (Å²) in [7, 11) is 4.79. The number of nitrogens with zero attached hydrogens (tertiary/aromatic N) is 6. The summed E-state index contributed by atoms with van der Waals surface area (Å²) in [6.07, 6.45) is 2.85. The molecule has 5 aromatic rings. The first kappa shape index (κ1) is 38.6. The molecule has 286 valence electrons. The van der Waals surface area contributed by atoms with Gasteiger partial charge in [0.15, 0.2) is 5.69 Å². The summed E-state index contributed by atoms with van der Waals surface area (Å²) in [4.78, 5) is 51.6. The van der Waals surface area contributed by atoms with Crippen molar-refractivity contribution in [3.8, 4) is 22.8 Å². The largest absolute Gasteiger partial charge is 0.496 e. The number of benzene rings is 2. The number of hydrogen-bond donors (Lipinski definition) is 2. The highest BCUT2D eigenvalue weighted by atomic mass is 35.5. The van der Waals surface area contributed by atoms with Gasteiger partial charge in [0.25, 0.3) is 11.8 Å². The van der Waals surface area contributed by atoms with Crippen LogP contribution in [0.2, 0.25) is 5.02 Å². The highest BCUT2D eigenvalue weighted by Crippen LogP contribution is 2.38. The number of aromatic nitrogens is 4. The molecular formula is C40H43ClN8O6. The molecule has 2 N–H and O–H groups in total. The third kappa shape index (κ3) is 8.65. The van der Waals surface area contributed by atoms with Crippen molar-refractivity contribution < 1.29 is 28.6 Å². The summed E-state index contributed by atoms with van der Waals surface area (Å²) in [6, 6.07) is 17.9. The predicted octanol–water partition coefficient (Wildman–Crippen LogP) is 7.21. The lowest BCUT2D eigenvalue weighted by molar-refractivity contribution is 0.0194. The van der Waals surface area contributed by atoms with E-state index in [1.165, 1.54) is 4.90 Å². The van der Waals surface area contributed by atoms with Crippen LogP contribution >= 0.6 is 11.6 Å². The van der Waals surface area contributed by atoms with Crippen LogP contribution in [0.15, 0.2) is 73.1 Å². The van der Waals surface area contributed by atoms with Gasteiger partial charge in [0.1, 0.15) is 17.0 Å². The summed E-state index contributed by atoms with van der Waals surface area (Å²) < 4.78 is 18.1. The van der Waals surface area contributed by atoms with Crippen molar-refractivity contribution in [1.29, 1.82) is 0 Å². The van der Waals surface area contributed by atoms with E-state index in [0.717, 1.165) is 28.1 Å². The molecule has 0 saturated heterocycles. The van der Waals surface area contributed by atoms with Gasteiger partial charge in [-0.3, -0.25) is 19.3 Å². The van der Waals surface area contributed by atoms with Gasteiger partial charge < -0.3 is 34.6 Å². The molecule has 0 bridgehead atoms. The number of hydrogen-bond acceptors (Lipinski definition) is 10. The minimum absolute atomic E-state index is 0.199. The zero-order valence-corrected chi connectivity index (χ0v) is 32.5. The molecule has 1 aliphatic heterocycles. The van der Waals surface area contributed by atoms with Gasteiger partial charge >= 0.3 is 6.09 Å². The van der Waals surface area contributed by atoms with Gasteiger partial charge in [-0.15, -0.1) is 0 Å². The van der Waals surface area contributed by atoms with Gasteiger partial charge in [-0.05, 0) is 63.1 Å². The molecule has 0 atom stereocenters. The van der Waals surface area contributed by atoms with Crippen molar-refractivity contribution in [2.45, 2.75) is 52.9 Å². The standard InChI is InChI=1S/C40H43ClN8O6/c1-24-28(10-9-13-33(24)47(5)38(51)32-20-34(53-6)25(22-44-32)21-43-26-14-15-42-35(18-26)54-7)29-11-8-12-30(36(29)41)45-37(50)31-19-27-23-48(16-17-49(27)46-31)39(52)55-40(2,3)4/h8-15,18-20,22H,16-17,21,23H2,1-7H3,(H,42,43)(H,45,50). The second-order valence-electron chi connectivity index (χ2n) is 13.9. The van der Waals surface area contributed by atoms with Crippen LogP contribution in [0, 0.1) is 6.92 Å². The molecule has 0 fully saturated rings. The molecular weight excluding hydrogens is 724 g/mol. The number of anilines is 3. The van der Waals surface area contributed by atoms with E-state index >= 15 is 0 Å². The number of carbonyl (C=O) groups is 3. The molecule has 14 nitrogen and oxygen atoms in total. The first-order valence-electron chi connectivity index (χ1n) is 17.6. The van der Waals surface area contributed by atoms with Crippen molar-refractivity contribution in [3.05, 3.63) is 106 Å². The smallest absolute Gasteiger partial charge is 0.410 e. The Morgan fingerprint density at radius 2 is 1.71 bits per heavy atom. The molecule has 3 amide bonds. The van der Waals surface area contributed by atoms with Gasteiger partial charge in [-0.2, -0.15) is 5.10 Å². The van der Waals surface area contributed by atoms with E-state index < -0.39 is 17.6 Å². The molecule has 2 aromatic carbocycles. The summed E-state index contributed by atoms with van der Waals surface area (Å²) in [5.41, 5.74) is 5.36. The molecule has 3 aromatic heterocycles. The fraction of sp³-hybridized carbons (Fsp3) is 0.300. The lowest BCUT2D eigenvalue weighted by Crippen LogP contribution is -2.41. The number of fused-ring (bicyclic) bond motifs is 1. The number of rotatable bonds is 10. The van der Waals surface area contributed by atoms with E-state index in [1.54, 1.807) is 73.6 Å². The van der Waals surface area contributed by atoms with Crippen LogP contribution < -0.4 is 25.0 Å². The Bertz CT molecular complexity index is 2250. The number of nitrogens with one attached hydrogen (secondary N) is 2. The first-order valence-corrected chi connectivity index (χ1v) is 17.9. The molecule has 0 unspecified atom stereocenters. The van der Waals surface area contributed by atoms with Crippen molar-refractivity contribution >= 4 is 46.6 Å². The molecule has 0 aliphatic carbocycles. The first-order chi connectivity index (χ1) is 26.3. The Kier molecular flexibility index (Phi) is 11.3. The normalized spacial score (nSPS) is 12.4. The van der Waals surface area contributed by atoms with E-state index in [-0.39, 0.29) is 23.8 Å². The van der Waals surface area contributed by atoms with Crippen LogP contribution in [-0.4, -0.2) is 76.0 Å². The van der Waals surface area contributed by atoms with Crippen LogP contribution in [0.25, 0.3) is 11.1 Å². The molecule has 15 heteroatoms. The topological polar surface area (TPSA) is 153 Å². The highest BCUT2D eigenvalue weighted by Gasteiger charge is 2.28. The van der Waals surface area contributed by atoms with Crippen LogP contribution in [-0.2, 0) is 24.4 Å². The van der Waals surface area contributed by atoms with Crippen LogP contribution in [0.5, 0.6) is 11.6 Å². The third-order valence-corrected chi connectivity index (χ3v) is 9.41. The molecule has 6 rings (SSSR count). The predicted molar refractivity (Wildman–Crippen MR) is 210 cm³/mol. The Morgan fingerprint density at radius 3 is 2.45 bits per heavy atom. The van der Waals surface area contributed by atoms with Gasteiger partial charge in [0.2, 0.25) is 5.88 Å². The SMILES string of the molecule is COc1cc(NCc2cnc(C(=O)N(C)c3cccc(-c4cccc(NC(=O)c5cc6n(n5)CCN(C(=O)OC(C)(C)C)C6)c4Cl)c3C)cc2OC)ccn1. The lowest BCUT2D eigenvalue weighted by atomic mass is 9.98. The van der Waals surface area contributed by atoms with Crippen LogP contribution in [0.1, 0.15) is 58.6 Å². The maximum absolute atomic E-state index is 13.8. The molecule has 0 spiro atoms. The maximum atomic E-state index is 13.8. The highest BCUT2D eigenvalue weighted by molar-refractivity contribution is 6.36. The number of amides is 3. The summed E-state index contributed by atoms with van der Waals surface area (Å²) in [5.74, 6) is 0.221. The van der Waals surface area contributed by atoms with Gasteiger partial charge in [0.05, 0.1) is 43.7 Å². The summed E-state index contributed by atoms with van der Waals surface area (Å²) in [6.45, 7) is 8.87. The number of halogens is 1. The Morgan fingerprint density at radius 1 is 0.945 bits per heavy atom. The van der Waals surface area contributed by atoms with E-state index in [1.807, 2.05) is 58.0 Å². The minimum atomic E-state index is -0.614. The number of methoxy groups -OCH3 is 2. The summed E-state index contributed by atoms with van der Waals surface area (Å²) >= 11 is 6.96. The zero-order valence-electron chi connectivity index (χ0n) is 31.8. The second kappa shape index (κ2) is 16.1. The van der Waals surface area contributed by atoms with Crippen molar-refractivity contribution in [2.75, 3.05) is 43.3 Å². The Labute approximate surface area is 324 Å². The monoisotopic (exact) mass is 766 g/mol. The molecule has 0 radical (unpaired) electrons. The fourth-order valence-corrected chi connectivity index (χ4v) is 6.45. The molecule has 4 heterocycles. The molecule has 55 heavy (non-hydrogen) atoms. The van der Waals surface area contributed by atoms with Crippen LogP contribution in [0.3, 0.4) is 0 Å². The van der Waals surface area contributed by atoms with Gasteiger partial charge in [-0.1, -0.05) is 35.9 Å². The van der Waals surface area contributed by atoms with Crippen molar-refractivity contribution in [2.24, 2.45) is 0 Å². The number of carbonyl (C=O) groups excluding carboxylic acids is 3. The number of pyridine rings is 2. The molecule has 1 aliphatic rings. The van der Waals surface area contributed by atoms with Crippen LogP contribution in [0.4, 0.5) is 21.9 Å². The number of ether oxygens (including phenoxy) is 3.